The first-order valence-electron chi connectivity index (χ1n) is 11.6. The molecule has 9 heteroatoms. The molecular formula is C28H25ClN4O3S. The van der Waals surface area contributed by atoms with Crippen LogP contribution in [0.15, 0.2) is 70.1 Å². The van der Waals surface area contributed by atoms with Crippen LogP contribution in [-0.4, -0.2) is 34.2 Å². The summed E-state index contributed by atoms with van der Waals surface area (Å²) in [7, 11) is -3.36. The first kappa shape index (κ1) is 24.9. The van der Waals surface area contributed by atoms with Crippen LogP contribution in [0.3, 0.4) is 0 Å². The van der Waals surface area contributed by atoms with Crippen LogP contribution >= 0.6 is 11.6 Å². The van der Waals surface area contributed by atoms with Crippen molar-refractivity contribution in [2.75, 3.05) is 6.26 Å². The standard InChI is InChI=1S/C28H25ClN4O3S/c1-16-11-22(14-26(29)31-16)28-27(32-19(4)36-28)24-13-21(20-7-6-8-23(12-20)37(5,34)35)9-10-25(24)33-15-17(2)30-18(33)3/h6-15H,1-5H3. The second-order valence-corrected chi connectivity index (χ2v) is 11.5. The number of hydrogen-bond donors (Lipinski definition) is 0. The zero-order valence-corrected chi connectivity index (χ0v) is 22.6. The summed E-state index contributed by atoms with van der Waals surface area (Å²) in [6, 6.07) is 16.5. The fourth-order valence-corrected chi connectivity index (χ4v) is 5.37. The van der Waals surface area contributed by atoms with Gasteiger partial charge in [-0.2, -0.15) is 0 Å². The molecule has 0 atom stereocenters. The monoisotopic (exact) mass is 532 g/mol. The Labute approximate surface area is 220 Å². The van der Waals surface area contributed by atoms with Crippen molar-refractivity contribution in [1.82, 2.24) is 19.5 Å². The number of oxazole rings is 1. The molecule has 0 fully saturated rings. The van der Waals surface area contributed by atoms with Gasteiger partial charge >= 0.3 is 0 Å². The van der Waals surface area contributed by atoms with Crippen molar-refractivity contribution < 1.29 is 12.8 Å². The van der Waals surface area contributed by atoms with E-state index in [4.69, 9.17) is 21.0 Å². The Balaban J connectivity index is 1.78. The Kier molecular flexibility index (Phi) is 6.25. The van der Waals surface area contributed by atoms with Gasteiger partial charge in [-0.25, -0.2) is 23.4 Å². The topological polar surface area (TPSA) is 90.9 Å². The van der Waals surface area contributed by atoms with Crippen molar-refractivity contribution >= 4 is 21.4 Å². The zero-order valence-electron chi connectivity index (χ0n) is 21.1. The first-order valence-corrected chi connectivity index (χ1v) is 13.9. The summed E-state index contributed by atoms with van der Waals surface area (Å²) in [6.45, 7) is 7.56. The Morgan fingerprint density at radius 3 is 2.27 bits per heavy atom. The molecule has 2 aromatic carbocycles. The molecule has 0 saturated carbocycles. The highest BCUT2D eigenvalue weighted by Gasteiger charge is 2.22. The minimum absolute atomic E-state index is 0.261. The van der Waals surface area contributed by atoms with Gasteiger partial charge in [0, 0.05) is 36.2 Å². The van der Waals surface area contributed by atoms with Crippen molar-refractivity contribution in [2.24, 2.45) is 0 Å². The van der Waals surface area contributed by atoms with Gasteiger partial charge < -0.3 is 8.98 Å². The van der Waals surface area contributed by atoms with Gasteiger partial charge in [0.15, 0.2) is 21.5 Å². The zero-order chi connectivity index (χ0) is 26.5. The molecule has 0 amide bonds. The molecule has 5 rings (SSSR count). The lowest BCUT2D eigenvalue weighted by Crippen LogP contribution is -2.00. The van der Waals surface area contributed by atoms with Gasteiger partial charge in [-0.3, -0.25) is 0 Å². The lowest BCUT2D eigenvalue weighted by Gasteiger charge is -2.14. The lowest BCUT2D eigenvalue weighted by molar-refractivity contribution is 0.534. The summed E-state index contributed by atoms with van der Waals surface area (Å²) in [4.78, 5) is 13.9. The van der Waals surface area contributed by atoms with Gasteiger partial charge in [-0.15, -0.1) is 0 Å². The first-order chi connectivity index (χ1) is 17.5. The van der Waals surface area contributed by atoms with Crippen molar-refractivity contribution in [3.8, 4) is 39.4 Å². The smallest absolute Gasteiger partial charge is 0.192 e. The SMILES string of the molecule is Cc1cc(-c2oc(C)nc2-c2cc(-c3cccc(S(C)(=O)=O)c3)ccc2-n2cc(C)nc2C)cc(Cl)n1. The summed E-state index contributed by atoms with van der Waals surface area (Å²) >= 11 is 6.28. The van der Waals surface area contributed by atoms with E-state index in [2.05, 4.69) is 9.97 Å². The molecule has 37 heavy (non-hydrogen) atoms. The fraction of sp³-hybridized carbons (Fsp3) is 0.179. The summed E-state index contributed by atoms with van der Waals surface area (Å²) < 4.78 is 32.5. The highest BCUT2D eigenvalue weighted by atomic mass is 35.5. The van der Waals surface area contributed by atoms with Crippen molar-refractivity contribution in [3.05, 3.63) is 89.1 Å². The van der Waals surface area contributed by atoms with Crippen LogP contribution in [0.1, 0.15) is 23.1 Å². The molecule has 7 nitrogen and oxygen atoms in total. The number of sulfone groups is 1. The molecule has 188 valence electrons. The number of aromatic nitrogens is 4. The van der Waals surface area contributed by atoms with Gasteiger partial charge in [0.1, 0.15) is 16.7 Å². The molecule has 0 unspecified atom stereocenters. The highest BCUT2D eigenvalue weighted by molar-refractivity contribution is 7.90. The van der Waals surface area contributed by atoms with E-state index in [-0.39, 0.29) is 4.90 Å². The average Bonchev–Trinajstić information content (AvgIpc) is 3.38. The van der Waals surface area contributed by atoms with Gasteiger partial charge in [-0.05, 0) is 68.3 Å². The Morgan fingerprint density at radius 2 is 1.59 bits per heavy atom. The van der Waals surface area contributed by atoms with E-state index in [0.29, 0.717) is 22.5 Å². The summed E-state index contributed by atoms with van der Waals surface area (Å²) in [5, 5.41) is 0.364. The number of nitrogens with zero attached hydrogens (tertiary/aromatic N) is 4. The van der Waals surface area contributed by atoms with Crippen LogP contribution in [0.25, 0.3) is 39.4 Å². The highest BCUT2D eigenvalue weighted by Crippen LogP contribution is 2.39. The summed E-state index contributed by atoms with van der Waals surface area (Å²) in [6.07, 6.45) is 3.18. The molecule has 0 spiro atoms. The van der Waals surface area contributed by atoms with Gasteiger partial charge in [0.25, 0.3) is 0 Å². The summed E-state index contributed by atoms with van der Waals surface area (Å²) in [5.41, 5.74) is 6.35. The third-order valence-corrected chi connectivity index (χ3v) is 7.33. The minimum atomic E-state index is -3.36. The maximum absolute atomic E-state index is 12.2. The van der Waals surface area contributed by atoms with E-state index in [0.717, 1.165) is 45.2 Å². The number of pyridine rings is 1. The van der Waals surface area contributed by atoms with Crippen LogP contribution in [-0.2, 0) is 9.84 Å². The molecule has 0 aliphatic heterocycles. The molecule has 5 aromatic rings. The van der Waals surface area contributed by atoms with E-state index in [1.165, 1.54) is 6.26 Å². The number of hydrogen-bond acceptors (Lipinski definition) is 6. The molecule has 3 heterocycles. The van der Waals surface area contributed by atoms with Gasteiger partial charge in [-0.1, -0.05) is 29.8 Å². The Morgan fingerprint density at radius 1 is 0.838 bits per heavy atom. The second-order valence-electron chi connectivity index (χ2n) is 9.06. The largest absolute Gasteiger partial charge is 0.440 e. The van der Waals surface area contributed by atoms with E-state index >= 15 is 0 Å². The van der Waals surface area contributed by atoms with E-state index in [1.807, 2.05) is 61.9 Å². The van der Waals surface area contributed by atoms with Gasteiger partial charge in [0.2, 0.25) is 0 Å². The number of halogens is 1. The fourth-order valence-electron chi connectivity index (χ4n) is 4.45. The van der Waals surface area contributed by atoms with Crippen molar-refractivity contribution in [1.29, 1.82) is 0 Å². The van der Waals surface area contributed by atoms with Crippen LogP contribution in [0.2, 0.25) is 5.15 Å². The molecule has 0 radical (unpaired) electrons. The van der Waals surface area contributed by atoms with E-state index < -0.39 is 9.84 Å². The molecule has 0 aliphatic rings. The third-order valence-electron chi connectivity index (χ3n) is 6.03. The number of imidazole rings is 1. The van der Waals surface area contributed by atoms with Crippen molar-refractivity contribution in [2.45, 2.75) is 32.6 Å². The molecule has 0 saturated heterocycles. The minimum Gasteiger partial charge on any atom is -0.440 e. The summed E-state index contributed by atoms with van der Waals surface area (Å²) in [5.74, 6) is 1.90. The predicted octanol–water partition coefficient (Wildman–Crippen LogP) is 6.55. The predicted molar refractivity (Wildman–Crippen MR) is 145 cm³/mol. The van der Waals surface area contributed by atoms with E-state index in [1.54, 1.807) is 31.2 Å². The third kappa shape index (κ3) is 4.95. The molecule has 3 aromatic heterocycles. The van der Waals surface area contributed by atoms with E-state index in [9.17, 15) is 8.42 Å². The van der Waals surface area contributed by atoms with Crippen LogP contribution in [0.4, 0.5) is 0 Å². The molecular weight excluding hydrogens is 508 g/mol. The second kappa shape index (κ2) is 9.28. The average molecular weight is 533 g/mol. The normalized spacial score (nSPS) is 11.7. The quantitative estimate of drug-likeness (QED) is 0.238. The lowest BCUT2D eigenvalue weighted by atomic mass is 9.98. The number of rotatable bonds is 5. The number of benzene rings is 2. The number of aryl methyl sites for hydroxylation is 4. The van der Waals surface area contributed by atoms with Crippen LogP contribution in [0.5, 0.6) is 0 Å². The maximum atomic E-state index is 12.2. The maximum Gasteiger partial charge on any atom is 0.192 e. The molecule has 0 bridgehead atoms. The van der Waals surface area contributed by atoms with Crippen molar-refractivity contribution in [3.63, 3.8) is 0 Å². The van der Waals surface area contributed by atoms with Gasteiger partial charge in [0.05, 0.1) is 16.3 Å². The molecule has 0 N–H and O–H groups in total. The Hall–Kier alpha value is -3.75. The van der Waals surface area contributed by atoms with Crippen LogP contribution in [0, 0.1) is 27.7 Å². The molecule has 0 aliphatic carbocycles. The Bertz CT molecular complexity index is 1750. The van der Waals surface area contributed by atoms with Crippen LogP contribution < -0.4 is 0 Å².